The Morgan fingerprint density at radius 2 is 1.80 bits per heavy atom. The number of rotatable bonds is 7. The summed E-state index contributed by atoms with van der Waals surface area (Å²) in [5.41, 5.74) is 2.28. The molecule has 0 aliphatic heterocycles. The van der Waals surface area contributed by atoms with Crippen molar-refractivity contribution < 1.29 is 18.6 Å². The lowest BCUT2D eigenvalue weighted by Crippen LogP contribution is -2.01. The zero-order valence-corrected chi connectivity index (χ0v) is 17.2. The van der Waals surface area contributed by atoms with Gasteiger partial charge in [0.05, 0.1) is 30.9 Å². The molecule has 0 saturated heterocycles. The second-order valence-electron chi connectivity index (χ2n) is 6.31. The lowest BCUT2D eigenvalue weighted by atomic mass is 10.0. The maximum atomic E-state index is 13.8. The normalized spacial score (nSPS) is 11.0. The smallest absolute Gasteiger partial charge is 0.180 e. The van der Waals surface area contributed by atoms with Crippen LogP contribution in [-0.2, 0) is 6.61 Å². The number of nitrogens with zero attached hydrogens (tertiary/aromatic N) is 1. The van der Waals surface area contributed by atoms with Crippen LogP contribution >= 0.6 is 11.6 Å². The second-order valence-corrected chi connectivity index (χ2v) is 6.72. The molecule has 0 fully saturated rings. The summed E-state index contributed by atoms with van der Waals surface area (Å²) in [7, 11) is 3.07. The van der Waals surface area contributed by atoms with Gasteiger partial charge < -0.3 is 14.2 Å². The van der Waals surface area contributed by atoms with Gasteiger partial charge in [-0.15, -0.1) is 0 Å². The predicted molar refractivity (Wildman–Crippen MR) is 115 cm³/mol. The topological polar surface area (TPSA) is 51.5 Å². The Labute approximate surface area is 179 Å². The van der Waals surface area contributed by atoms with Crippen LogP contribution < -0.4 is 14.2 Å². The lowest BCUT2D eigenvalue weighted by molar-refractivity contribution is 0.280. The quantitative estimate of drug-likeness (QED) is 0.338. The monoisotopic (exact) mass is 423 g/mol. The summed E-state index contributed by atoms with van der Waals surface area (Å²) in [6.45, 7) is 0.00718. The molecule has 0 radical (unpaired) electrons. The highest BCUT2D eigenvalue weighted by molar-refractivity contribution is 6.32. The van der Waals surface area contributed by atoms with Crippen LogP contribution in [0.25, 0.3) is 11.6 Å². The van der Waals surface area contributed by atoms with Gasteiger partial charge in [-0.3, -0.25) is 0 Å². The van der Waals surface area contributed by atoms with E-state index >= 15 is 0 Å². The highest BCUT2D eigenvalue weighted by Crippen LogP contribution is 2.38. The van der Waals surface area contributed by atoms with Gasteiger partial charge >= 0.3 is 0 Å². The van der Waals surface area contributed by atoms with Gasteiger partial charge in [0.15, 0.2) is 11.5 Å². The molecule has 3 aromatic carbocycles. The molecule has 0 amide bonds. The van der Waals surface area contributed by atoms with E-state index in [0.717, 1.165) is 5.56 Å². The highest BCUT2D eigenvalue weighted by atomic mass is 35.5. The van der Waals surface area contributed by atoms with E-state index in [2.05, 4.69) is 6.07 Å². The Morgan fingerprint density at radius 1 is 1.07 bits per heavy atom. The van der Waals surface area contributed by atoms with E-state index in [0.29, 0.717) is 39.0 Å². The van der Waals surface area contributed by atoms with E-state index in [1.807, 2.05) is 0 Å². The minimum atomic E-state index is -0.356. The number of hydrogen-bond acceptors (Lipinski definition) is 4. The number of benzene rings is 3. The zero-order chi connectivity index (χ0) is 21.5. The van der Waals surface area contributed by atoms with E-state index in [1.54, 1.807) is 67.8 Å². The molecule has 0 saturated carbocycles. The van der Waals surface area contributed by atoms with Crippen LogP contribution in [0.3, 0.4) is 0 Å². The highest BCUT2D eigenvalue weighted by Gasteiger charge is 2.13. The minimum Gasteiger partial charge on any atom is -0.497 e. The van der Waals surface area contributed by atoms with Crippen LogP contribution in [0.2, 0.25) is 5.02 Å². The molecule has 0 aliphatic carbocycles. The summed E-state index contributed by atoms with van der Waals surface area (Å²) in [6.07, 6.45) is 1.71. The number of allylic oxidation sites excluding steroid dienone is 1. The van der Waals surface area contributed by atoms with E-state index in [4.69, 9.17) is 25.8 Å². The van der Waals surface area contributed by atoms with Crippen LogP contribution in [0.4, 0.5) is 4.39 Å². The van der Waals surface area contributed by atoms with Gasteiger partial charge in [-0.05, 0) is 59.7 Å². The molecule has 0 spiro atoms. The average molecular weight is 424 g/mol. The van der Waals surface area contributed by atoms with Crippen molar-refractivity contribution in [3.05, 3.63) is 88.2 Å². The Hall–Kier alpha value is -3.49. The summed E-state index contributed by atoms with van der Waals surface area (Å²) >= 11 is 6.40. The predicted octanol–water partition coefficient (Wildman–Crippen LogP) is 6.14. The van der Waals surface area contributed by atoms with E-state index < -0.39 is 0 Å². The van der Waals surface area contributed by atoms with Crippen molar-refractivity contribution in [2.24, 2.45) is 0 Å². The number of hydrogen-bond donors (Lipinski definition) is 0. The van der Waals surface area contributed by atoms with Gasteiger partial charge in [-0.25, -0.2) is 4.39 Å². The van der Waals surface area contributed by atoms with Gasteiger partial charge in [0.25, 0.3) is 0 Å². The van der Waals surface area contributed by atoms with Crippen molar-refractivity contribution in [1.82, 2.24) is 0 Å². The molecule has 0 unspecified atom stereocenters. The largest absolute Gasteiger partial charge is 0.497 e. The van der Waals surface area contributed by atoms with Gasteiger partial charge in [-0.2, -0.15) is 5.26 Å². The molecule has 4 nitrogen and oxygen atoms in total. The zero-order valence-electron chi connectivity index (χ0n) is 16.5. The lowest BCUT2D eigenvalue weighted by Gasteiger charge is -2.14. The fourth-order valence-corrected chi connectivity index (χ4v) is 3.12. The second kappa shape index (κ2) is 9.82. The Kier molecular flexibility index (Phi) is 6.95. The molecule has 0 bridgehead atoms. The third kappa shape index (κ3) is 4.91. The first kappa shape index (κ1) is 21.2. The van der Waals surface area contributed by atoms with Crippen molar-refractivity contribution >= 4 is 23.3 Å². The molecular weight excluding hydrogens is 405 g/mol. The Balaban J connectivity index is 1.89. The van der Waals surface area contributed by atoms with Crippen molar-refractivity contribution in [1.29, 1.82) is 5.26 Å². The molecule has 6 heteroatoms. The van der Waals surface area contributed by atoms with Crippen LogP contribution in [0.5, 0.6) is 17.2 Å². The van der Waals surface area contributed by atoms with Crippen molar-refractivity contribution in [2.75, 3.05) is 14.2 Å². The van der Waals surface area contributed by atoms with E-state index in [1.165, 1.54) is 13.2 Å². The van der Waals surface area contributed by atoms with Crippen LogP contribution in [0.15, 0.2) is 60.7 Å². The van der Waals surface area contributed by atoms with Gasteiger partial charge in [0.1, 0.15) is 18.2 Å². The first-order valence-corrected chi connectivity index (χ1v) is 9.43. The molecule has 0 N–H and O–H groups in total. The molecule has 152 valence electrons. The average Bonchev–Trinajstić information content (AvgIpc) is 2.77. The summed E-state index contributed by atoms with van der Waals surface area (Å²) in [5.74, 6) is 1.04. The molecule has 0 heterocycles. The standard InChI is InChI=1S/C24H19ClFNO3/c1-28-20-9-7-17(8-10-20)19(14-27)11-16-12-21(25)24(23(13-16)29-2)30-15-18-5-3-4-6-22(18)26/h3-13H,15H2,1-2H3/b19-11+. The van der Waals surface area contributed by atoms with Crippen molar-refractivity contribution in [3.63, 3.8) is 0 Å². The number of halogens is 2. The van der Waals surface area contributed by atoms with Gasteiger partial charge in [-0.1, -0.05) is 29.8 Å². The Morgan fingerprint density at radius 3 is 2.43 bits per heavy atom. The minimum absolute atomic E-state index is 0.00718. The van der Waals surface area contributed by atoms with Gasteiger partial charge in [0.2, 0.25) is 0 Å². The fraction of sp³-hybridized carbons (Fsp3) is 0.125. The summed E-state index contributed by atoms with van der Waals surface area (Å²) in [4.78, 5) is 0. The molecule has 0 aromatic heterocycles. The van der Waals surface area contributed by atoms with Gasteiger partial charge in [0, 0.05) is 5.56 Å². The van der Waals surface area contributed by atoms with E-state index in [9.17, 15) is 9.65 Å². The molecule has 3 aromatic rings. The third-order valence-electron chi connectivity index (χ3n) is 4.41. The molecular formula is C24H19ClFNO3. The third-order valence-corrected chi connectivity index (χ3v) is 4.69. The van der Waals surface area contributed by atoms with Crippen LogP contribution in [-0.4, -0.2) is 14.2 Å². The summed E-state index contributed by atoms with van der Waals surface area (Å²) in [6, 6.07) is 19.1. The van der Waals surface area contributed by atoms with Crippen molar-refractivity contribution in [2.45, 2.75) is 6.61 Å². The first-order valence-electron chi connectivity index (χ1n) is 9.05. The first-order chi connectivity index (χ1) is 14.5. The van der Waals surface area contributed by atoms with Crippen LogP contribution in [0.1, 0.15) is 16.7 Å². The SMILES string of the molecule is COc1ccc(/C(C#N)=C/c2cc(Cl)c(OCc3ccccc3F)c(OC)c2)cc1. The van der Waals surface area contributed by atoms with Crippen molar-refractivity contribution in [3.8, 4) is 23.3 Å². The molecule has 0 atom stereocenters. The number of nitriles is 1. The molecule has 0 aliphatic rings. The molecule has 30 heavy (non-hydrogen) atoms. The summed E-state index contributed by atoms with van der Waals surface area (Å²) in [5, 5.41) is 9.88. The summed E-state index contributed by atoms with van der Waals surface area (Å²) < 4.78 is 30.1. The maximum Gasteiger partial charge on any atom is 0.180 e. The van der Waals surface area contributed by atoms with Crippen LogP contribution in [0, 0.1) is 17.1 Å². The maximum absolute atomic E-state index is 13.8. The molecule has 3 rings (SSSR count). The van der Waals surface area contributed by atoms with E-state index in [-0.39, 0.29) is 12.4 Å². The number of methoxy groups -OCH3 is 2. The number of ether oxygens (including phenoxy) is 3. The Bertz CT molecular complexity index is 1100. The fourth-order valence-electron chi connectivity index (χ4n) is 2.85.